The van der Waals surface area contributed by atoms with Crippen molar-refractivity contribution in [1.82, 2.24) is 19.5 Å². The van der Waals surface area contributed by atoms with Crippen LogP contribution in [0.3, 0.4) is 0 Å². The van der Waals surface area contributed by atoms with Gasteiger partial charge in [0.2, 0.25) is 0 Å². The van der Waals surface area contributed by atoms with Crippen LogP contribution in [0, 0.1) is 18.8 Å². The van der Waals surface area contributed by atoms with Gasteiger partial charge in [0.05, 0.1) is 0 Å². The molecule has 0 spiro atoms. The van der Waals surface area contributed by atoms with Crippen molar-refractivity contribution in [2.75, 3.05) is 9.80 Å². The smallest absolute Gasteiger partial charge is 0.145 e. The van der Waals surface area contributed by atoms with Crippen molar-refractivity contribution >= 4 is 56.0 Å². The molecule has 10 rings (SSSR count). The van der Waals surface area contributed by atoms with Crippen molar-refractivity contribution in [3.05, 3.63) is 223 Å². The fourth-order valence-corrected chi connectivity index (χ4v) is 7.43. The Hall–Kier alpha value is -6.62. The van der Waals surface area contributed by atoms with Crippen LogP contribution < -0.4 is 9.80 Å². The molecular weight excluding hydrogens is 856 g/mol. The van der Waals surface area contributed by atoms with Gasteiger partial charge < -0.3 is 14.4 Å². The molecule has 0 amide bonds. The summed E-state index contributed by atoms with van der Waals surface area (Å²) in [6.07, 6.45) is 5.30. The fraction of sp³-hybridized carbons (Fsp3) is 0. The molecule has 0 bridgehead atoms. The number of hydrogen-bond donors (Lipinski definition) is 0. The van der Waals surface area contributed by atoms with E-state index in [0.717, 1.165) is 84.0 Å². The Morgan fingerprint density at radius 1 is 0.473 bits per heavy atom. The van der Waals surface area contributed by atoms with Crippen LogP contribution in [-0.2, 0) is 21.1 Å². The molecule has 6 nitrogen and oxygen atoms in total. The standard InChI is InChI=1S/C48H31N6.Pt/c1-4-15-34(16-5-1)45(35-17-6-2-7-18-35)46(37-26-27-41-40-23-10-11-24-42(40)54(43(41)32-37)44-25-12-13-28-49-44)36-19-14-22-39(31-36)53-33-52(38-20-8-3-9-21-38)47-48(53)51-30-29-50-47;/h1-30,33H;/q-3;. The van der Waals surface area contributed by atoms with E-state index in [4.69, 9.17) is 15.0 Å². The van der Waals surface area contributed by atoms with Gasteiger partial charge in [-0.2, -0.15) is 0 Å². The van der Waals surface area contributed by atoms with E-state index in [1.807, 2.05) is 49.3 Å². The van der Waals surface area contributed by atoms with Crippen molar-refractivity contribution < 1.29 is 21.1 Å². The Balaban J connectivity index is 0.00000397. The maximum Gasteiger partial charge on any atom is 0.145 e. The molecule has 9 aromatic rings. The van der Waals surface area contributed by atoms with Crippen LogP contribution in [0.4, 0.5) is 23.0 Å². The molecule has 0 saturated carbocycles. The Morgan fingerprint density at radius 2 is 1.11 bits per heavy atom. The number of hydrogen-bond acceptors (Lipinski definition) is 5. The Labute approximate surface area is 334 Å². The molecule has 3 aromatic heterocycles. The zero-order valence-corrected chi connectivity index (χ0v) is 31.7. The second kappa shape index (κ2) is 14.7. The summed E-state index contributed by atoms with van der Waals surface area (Å²) in [5.74, 6) is 2.34. The number of para-hydroxylation sites is 2. The summed E-state index contributed by atoms with van der Waals surface area (Å²) in [4.78, 5) is 18.4. The van der Waals surface area contributed by atoms with Gasteiger partial charge in [-0.05, 0) is 57.9 Å². The van der Waals surface area contributed by atoms with Crippen LogP contribution in [0.2, 0.25) is 0 Å². The van der Waals surface area contributed by atoms with Gasteiger partial charge in [0.15, 0.2) is 0 Å². The minimum absolute atomic E-state index is 0. The first-order valence-corrected chi connectivity index (χ1v) is 17.9. The van der Waals surface area contributed by atoms with Crippen LogP contribution in [0.25, 0.3) is 38.8 Å². The number of fused-ring (bicyclic) bond motifs is 4. The van der Waals surface area contributed by atoms with Gasteiger partial charge in [-0.1, -0.05) is 114 Å². The predicted molar refractivity (Wildman–Crippen MR) is 218 cm³/mol. The second-order valence-electron chi connectivity index (χ2n) is 13.0. The zero-order valence-electron chi connectivity index (χ0n) is 29.4. The maximum atomic E-state index is 4.79. The van der Waals surface area contributed by atoms with E-state index < -0.39 is 0 Å². The van der Waals surface area contributed by atoms with Crippen LogP contribution >= 0.6 is 0 Å². The third-order valence-corrected chi connectivity index (χ3v) is 9.80. The SMILES string of the molecule is [Pt].[c-]1c(C(=C(c2ccccc2)c2ccccc2)c2[c-]c3c(cc2)c2ccccc2n3-c2ccccn2)cccc1N1[CH-]N(c2ccccc2)c2nccnc21. The van der Waals surface area contributed by atoms with Crippen molar-refractivity contribution in [3.63, 3.8) is 0 Å². The summed E-state index contributed by atoms with van der Waals surface area (Å²) in [6, 6.07) is 64.4. The Morgan fingerprint density at radius 3 is 1.82 bits per heavy atom. The molecule has 0 fully saturated rings. The molecule has 4 heterocycles. The summed E-state index contributed by atoms with van der Waals surface area (Å²) >= 11 is 0. The van der Waals surface area contributed by atoms with Gasteiger partial charge in [-0.15, -0.1) is 65.8 Å². The van der Waals surface area contributed by atoms with Crippen molar-refractivity contribution in [2.24, 2.45) is 0 Å². The summed E-state index contributed by atoms with van der Waals surface area (Å²) in [6.45, 7) is 2.04. The largest absolute Gasteiger partial charge is 0.472 e. The number of pyridine rings is 1. The average molecular weight is 887 g/mol. The summed E-state index contributed by atoms with van der Waals surface area (Å²) < 4.78 is 2.21. The molecule has 0 atom stereocenters. The molecule has 55 heavy (non-hydrogen) atoms. The van der Waals surface area contributed by atoms with Gasteiger partial charge in [-0.3, -0.25) is 0 Å². The molecule has 7 heteroatoms. The Bertz CT molecular complexity index is 2760. The molecule has 6 aromatic carbocycles. The summed E-state index contributed by atoms with van der Waals surface area (Å²) in [5.41, 5.74) is 10.0. The van der Waals surface area contributed by atoms with E-state index in [1.54, 1.807) is 12.4 Å². The summed E-state index contributed by atoms with van der Waals surface area (Å²) in [7, 11) is 0. The topological polar surface area (TPSA) is 50.1 Å². The van der Waals surface area contributed by atoms with E-state index in [2.05, 4.69) is 154 Å². The third kappa shape index (κ3) is 6.11. The minimum Gasteiger partial charge on any atom is -0.472 e. The normalized spacial score (nSPS) is 12.1. The van der Waals surface area contributed by atoms with E-state index in [9.17, 15) is 0 Å². The first-order valence-electron chi connectivity index (χ1n) is 17.9. The molecule has 1 aliphatic rings. The van der Waals surface area contributed by atoms with Crippen LogP contribution in [0.15, 0.2) is 182 Å². The monoisotopic (exact) mass is 886 g/mol. The maximum absolute atomic E-state index is 4.79. The third-order valence-electron chi connectivity index (χ3n) is 9.80. The van der Waals surface area contributed by atoms with E-state index in [0.29, 0.717) is 0 Å². The van der Waals surface area contributed by atoms with Gasteiger partial charge >= 0.3 is 0 Å². The first kappa shape index (κ1) is 34.2. The van der Waals surface area contributed by atoms with Crippen molar-refractivity contribution in [1.29, 1.82) is 0 Å². The number of aromatic nitrogens is 4. The number of nitrogens with zero attached hydrogens (tertiary/aromatic N) is 6. The van der Waals surface area contributed by atoms with Crippen LogP contribution in [0.5, 0.6) is 0 Å². The Kier molecular flexibility index (Phi) is 9.11. The fourth-order valence-electron chi connectivity index (χ4n) is 7.43. The number of rotatable bonds is 7. The molecule has 0 unspecified atom stereocenters. The quantitative estimate of drug-likeness (QED) is 0.118. The van der Waals surface area contributed by atoms with Crippen molar-refractivity contribution in [2.45, 2.75) is 0 Å². The van der Waals surface area contributed by atoms with Gasteiger partial charge in [0, 0.05) is 50.9 Å². The zero-order chi connectivity index (χ0) is 35.8. The molecule has 0 N–H and O–H groups in total. The van der Waals surface area contributed by atoms with Gasteiger partial charge in [0.25, 0.3) is 0 Å². The molecule has 1 aliphatic heterocycles. The molecule has 266 valence electrons. The van der Waals surface area contributed by atoms with E-state index in [-0.39, 0.29) is 21.1 Å². The molecule has 0 saturated heterocycles. The van der Waals surface area contributed by atoms with Crippen LogP contribution in [-0.4, -0.2) is 19.5 Å². The molecule has 0 radical (unpaired) electrons. The first-order chi connectivity index (χ1) is 26.8. The average Bonchev–Trinajstić information content (AvgIpc) is 3.80. The van der Waals surface area contributed by atoms with Crippen molar-refractivity contribution in [3.8, 4) is 5.82 Å². The molecule has 0 aliphatic carbocycles. The van der Waals surface area contributed by atoms with Gasteiger partial charge in [-0.25, -0.2) is 15.0 Å². The number of anilines is 4. The second-order valence-corrected chi connectivity index (χ2v) is 13.0. The van der Waals surface area contributed by atoms with E-state index in [1.165, 1.54) is 0 Å². The number of benzene rings is 6. The van der Waals surface area contributed by atoms with Gasteiger partial charge in [0.1, 0.15) is 17.5 Å². The van der Waals surface area contributed by atoms with E-state index >= 15 is 0 Å². The predicted octanol–water partition coefficient (Wildman–Crippen LogP) is 11.0. The minimum atomic E-state index is 0. The molecular formula is C48H31N6Pt-3. The summed E-state index contributed by atoms with van der Waals surface area (Å²) in [5, 5.41) is 2.26. The van der Waals surface area contributed by atoms with Crippen LogP contribution in [0.1, 0.15) is 22.3 Å².